The van der Waals surface area contributed by atoms with Gasteiger partial charge in [-0.1, -0.05) is 42.5 Å². The van der Waals surface area contributed by atoms with E-state index in [4.69, 9.17) is 15.2 Å². The van der Waals surface area contributed by atoms with Crippen LogP contribution < -0.4 is 10.5 Å². The molecule has 0 aliphatic carbocycles. The minimum Gasteiger partial charge on any atom is -0.489 e. The van der Waals surface area contributed by atoms with Crippen LogP contribution in [0.5, 0.6) is 5.75 Å². The number of nitrogens with zero attached hydrogens (tertiary/aromatic N) is 4. The number of unbranched alkanes of at least 4 members (excludes halogenated alkanes) is 1. The molecule has 1 aliphatic rings. The summed E-state index contributed by atoms with van der Waals surface area (Å²) in [7, 11) is 0. The highest BCUT2D eigenvalue weighted by Gasteiger charge is 2.16. The summed E-state index contributed by atoms with van der Waals surface area (Å²) in [5.41, 5.74) is 11.5. The molecule has 2 aromatic carbocycles. The van der Waals surface area contributed by atoms with Crippen molar-refractivity contribution in [3.63, 3.8) is 0 Å². The molecule has 2 aromatic heterocycles. The van der Waals surface area contributed by atoms with E-state index in [1.54, 1.807) is 0 Å². The number of aromatic nitrogens is 3. The molecule has 0 atom stereocenters. The van der Waals surface area contributed by atoms with Crippen LogP contribution in [0.3, 0.4) is 0 Å². The van der Waals surface area contributed by atoms with Crippen molar-refractivity contribution in [3.8, 4) is 16.9 Å². The zero-order valence-corrected chi connectivity index (χ0v) is 19.4. The Kier molecular flexibility index (Phi) is 7.02. The largest absolute Gasteiger partial charge is 0.489 e. The number of nitrogens with two attached hydrogens (primary N) is 1. The number of ether oxygens (including phenoxy) is 2. The predicted octanol–water partition coefficient (Wildman–Crippen LogP) is 4.21. The van der Waals surface area contributed by atoms with Crippen LogP contribution in [-0.2, 0) is 17.8 Å². The molecule has 3 heterocycles. The van der Waals surface area contributed by atoms with Crippen molar-refractivity contribution in [2.75, 3.05) is 38.6 Å². The van der Waals surface area contributed by atoms with Crippen molar-refractivity contribution < 1.29 is 9.47 Å². The quantitative estimate of drug-likeness (QED) is 0.379. The highest BCUT2D eigenvalue weighted by atomic mass is 16.5. The molecular formula is C27H31N5O2. The molecule has 0 radical (unpaired) electrons. The Morgan fingerprint density at radius 1 is 0.971 bits per heavy atom. The molecule has 0 bridgehead atoms. The first-order valence-corrected chi connectivity index (χ1v) is 12.0. The Bertz CT molecular complexity index is 1220. The monoisotopic (exact) mass is 457 g/mol. The number of benzene rings is 2. The second kappa shape index (κ2) is 10.7. The second-order valence-electron chi connectivity index (χ2n) is 8.67. The van der Waals surface area contributed by atoms with Crippen molar-refractivity contribution in [1.29, 1.82) is 0 Å². The van der Waals surface area contributed by atoms with Crippen molar-refractivity contribution >= 4 is 11.3 Å². The molecule has 0 spiro atoms. The number of fused-ring (bicyclic) bond motifs is 1. The topological polar surface area (TPSA) is 77.9 Å². The Hall–Kier alpha value is -3.42. The van der Waals surface area contributed by atoms with Crippen LogP contribution >= 0.6 is 0 Å². The van der Waals surface area contributed by atoms with E-state index in [-0.39, 0.29) is 0 Å². The minimum atomic E-state index is 0.486. The van der Waals surface area contributed by atoms with Crippen LogP contribution in [0.4, 0.5) is 5.82 Å². The smallest absolute Gasteiger partial charge is 0.151 e. The molecule has 1 saturated heterocycles. The van der Waals surface area contributed by atoms with Crippen LogP contribution in [0.15, 0.2) is 67.0 Å². The van der Waals surface area contributed by atoms with Crippen LogP contribution in [0.1, 0.15) is 24.1 Å². The summed E-state index contributed by atoms with van der Waals surface area (Å²) in [6.07, 6.45) is 4.70. The van der Waals surface area contributed by atoms with Crippen LogP contribution in [0.25, 0.3) is 16.6 Å². The fourth-order valence-corrected chi connectivity index (χ4v) is 4.49. The molecule has 0 unspecified atom stereocenters. The van der Waals surface area contributed by atoms with Gasteiger partial charge >= 0.3 is 0 Å². The average molecular weight is 458 g/mol. The maximum atomic E-state index is 6.31. The van der Waals surface area contributed by atoms with Gasteiger partial charge in [-0.05, 0) is 55.1 Å². The van der Waals surface area contributed by atoms with Gasteiger partial charge in [-0.15, -0.1) is 0 Å². The molecule has 7 nitrogen and oxygen atoms in total. The lowest BCUT2D eigenvalue weighted by Gasteiger charge is -2.26. The average Bonchev–Trinajstić information content (AvgIpc) is 3.27. The molecule has 1 fully saturated rings. The Labute approximate surface area is 200 Å². The molecule has 4 aromatic rings. The van der Waals surface area contributed by atoms with Gasteiger partial charge in [-0.2, -0.15) is 5.10 Å². The Morgan fingerprint density at radius 2 is 1.82 bits per heavy atom. The normalized spacial score (nSPS) is 14.5. The van der Waals surface area contributed by atoms with Gasteiger partial charge in [0.1, 0.15) is 24.2 Å². The van der Waals surface area contributed by atoms with E-state index < -0.39 is 0 Å². The fraction of sp³-hybridized carbons (Fsp3) is 0.333. The number of nitrogen functional groups attached to an aromatic ring is 1. The molecule has 7 heteroatoms. The van der Waals surface area contributed by atoms with E-state index in [0.29, 0.717) is 12.4 Å². The second-order valence-corrected chi connectivity index (χ2v) is 8.67. The van der Waals surface area contributed by atoms with Crippen molar-refractivity contribution in [2.24, 2.45) is 0 Å². The summed E-state index contributed by atoms with van der Waals surface area (Å²) in [6.45, 7) is 5.39. The molecule has 0 amide bonds. The highest BCUT2D eigenvalue weighted by molar-refractivity contribution is 5.88. The van der Waals surface area contributed by atoms with Gasteiger partial charge in [-0.3, -0.25) is 4.90 Å². The number of rotatable bonds is 9. The first kappa shape index (κ1) is 22.4. The summed E-state index contributed by atoms with van der Waals surface area (Å²) in [4.78, 5) is 6.74. The molecule has 34 heavy (non-hydrogen) atoms. The maximum absolute atomic E-state index is 6.31. The predicted molar refractivity (Wildman–Crippen MR) is 134 cm³/mol. The van der Waals surface area contributed by atoms with Crippen LogP contribution in [-0.4, -0.2) is 52.3 Å². The van der Waals surface area contributed by atoms with Gasteiger partial charge in [0.05, 0.1) is 13.2 Å². The van der Waals surface area contributed by atoms with Gasteiger partial charge in [0.2, 0.25) is 0 Å². The molecular weight excluding hydrogens is 426 g/mol. The summed E-state index contributed by atoms with van der Waals surface area (Å²) >= 11 is 0. The van der Waals surface area contributed by atoms with Crippen molar-refractivity contribution in [2.45, 2.75) is 25.9 Å². The van der Waals surface area contributed by atoms with E-state index in [1.807, 2.05) is 34.8 Å². The first-order chi connectivity index (χ1) is 16.8. The lowest BCUT2D eigenvalue weighted by Crippen LogP contribution is -2.36. The van der Waals surface area contributed by atoms with Gasteiger partial charge in [0.15, 0.2) is 5.82 Å². The third-order valence-electron chi connectivity index (χ3n) is 6.31. The summed E-state index contributed by atoms with van der Waals surface area (Å²) in [5.74, 6) is 1.31. The van der Waals surface area contributed by atoms with Gasteiger partial charge in [0, 0.05) is 24.3 Å². The first-order valence-electron chi connectivity index (χ1n) is 12.0. The summed E-state index contributed by atoms with van der Waals surface area (Å²) in [5, 5.41) is 4.52. The number of anilines is 1. The van der Waals surface area contributed by atoms with Crippen LogP contribution in [0.2, 0.25) is 0 Å². The summed E-state index contributed by atoms with van der Waals surface area (Å²) in [6, 6.07) is 20.5. The van der Waals surface area contributed by atoms with E-state index in [2.05, 4.69) is 45.3 Å². The molecule has 1 aliphatic heterocycles. The zero-order valence-electron chi connectivity index (χ0n) is 19.4. The number of hydrogen-bond acceptors (Lipinski definition) is 6. The van der Waals surface area contributed by atoms with Crippen molar-refractivity contribution in [3.05, 3.63) is 78.2 Å². The van der Waals surface area contributed by atoms with E-state index >= 15 is 0 Å². The van der Waals surface area contributed by atoms with Crippen LogP contribution in [0, 0.1) is 0 Å². The van der Waals surface area contributed by atoms with Crippen molar-refractivity contribution in [1.82, 2.24) is 19.5 Å². The molecule has 0 saturated carbocycles. The molecule has 176 valence electrons. The number of hydrogen-bond donors (Lipinski definition) is 1. The van der Waals surface area contributed by atoms with Gasteiger partial charge in [0.25, 0.3) is 0 Å². The number of morpholine rings is 1. The fourth-order valence-electron chi connectivity index (χ4n) is 4.49. The maximum Gasteiger partial charge on any atom is 0.151 e. The standard InChI is InChI=1S/C27H31N5O2/c28-27-26-25(22-9-6-11-24(17-22)34-19-21-7-2-1-3-8-21)18-23(32(26)30-20-29-27)10-4-5-12-31-13-15-33-16-14-31/h1-3,6-9,11,17-18,20H,4-5,10,12-16,19H2,(H2,28,29,30). The van der Waals surface area contributed by atoms with E-state index in [0.717, 1.165) is 85.8 Å². The molecule has 5 rings (SSSR count). The Morgan fingerprint density at radius 3 is 2.68 bits per heavy atom. The van der Waals surface area contributed by atoms with E-state index in [9.17, 15) is 0 Å². The lowest BCUT2D eigenvalue weighted by molar-refractivity contribution is 0.0372. The van der Waals surface area contributed by atoms with Gasteiger partial charge in [-0.25, -0.2) is 9.50 Å². The summed E-state index contributed by atoms with van der Waals surface area (Å²) < 4.78 is 13.5. The third kappa shape index (κ3) is 5.21. The lowest BCUT2D eigenvalue weighted by atomic mass is 10.1. The number of aryl methyl sites for hydroxylation is 1. The minimum absolute atomic E-state index is 0.486. The van der Waals surface area contributed by atoms with Gasteiger partial charge < -0.3 is 15.2 Å². The van der Waals surface area contributed by atoms with E-state index in [1.165, 1.54) is 6.33 Å². The Balaban J connectivity index is 1.33. The molecule has 2 N–H and O–H groups in total. The third-order valence-corrected chi connectivity index (χ3v) is 6.31. The highest BCUT2D eigenvalue weighted by Crippen LogP contribution is 2.33. The zero-order chi connectivity index (χ0) is 23.2. The SMILES string of the molecule is Nc1ncnn2c(CCCCN3CCOCC3)cc(-c3cccc(OCc4ccccc4)c3)c12.